The largest absolute Gasteiger partial charge is 0.389 e. The molecule has 0 aliphatic carbocycles. The molecule has 0 bridgehead atoms. The molecule has 102 valence electrons. The second kappa shape index (κ2) is 8.06. The van der Waals surface area contributed by atoms with Crippen LogP contribution in [0.2, 0.25) is 0 Å². The van der Waals surface area contributed by atoms with Gasteiger partial charge in [0.05, 0.1) is 12.7 Å². The minimum absolute atomic E-state index is 0.329. The zero-order chi connectivity index (χ0) is 12.7. The average molecular weight is 243 g/mol. The summed E-state index contributed by atoms with van der Waals surface area (Å²) in [4.78, 5) is 2.38. The SMILES string of the molecule is CCCCOC[C@@H](O)CN1C[C@H](C)C[C@H](C)C1. The monoisotopic (exact) mass is 243 g/mol. The van der Waals surface area contributed by atoms with Gasteiger partial charge in [0.25, 0.3) is 0 Å². The van der Waals surface area contributed by atoms with Crippen molar-refractivity contribution in [3.05, 3.63) is 0 Å². The Balaban J connectivity index is 2.14. The van der Waals surface area contributed by atoms with E-state index in [9.17, 15) is 5.11 Å². The second-order valence-electron chi connectivity index (χ2n) is 5.75. The molecule has 0 aromatic heterocycles. The van der Waals surface area contributed by atoms with Gasteiger partial charge in [0.1, 0.15) is 0 Å². The van der Waals surface area contributed by atoms with Crippen molar-refractivity contribution >= 4 is 0 Å². The number of likely N-dealkylation sites (tertiary alicyclic amines) is 1. The first-order chi connectivity index (χ1) is 8.11. The van der Waals surface area contributed by atoms with Gasteiger partial charge in [0.15, 0.2) is 0 Å². The average Bonchev–Trinajstić information content (AvgIpc) is 2.23. The smallest absolute Gasteiger partial charge is 0.0900 e. The molecule has 0 unspecified atom stereocenters. The highest BCUT2D eigenvalue weighted by atomic mass is 16.5. The molecule has 1 aliphatic rings. The number of β-amino-alcohol motifs (C(OH)–C–C–N with tert-alkyl or cyclic N) is 1. The van der Waals surface area contributed by atoms with E-state index >= 15 is 0 Å². The molecule has 0 aromatic rings. The van der Waals surface area contributed by atoms with E-state index in [4.69, 9.17) is 4.74 Å². The number of rotatable bonds is 7. The molecule has 1 heterocycles. The highest BCUT2D eigenvalue weighted by Gasteiger charge is 2.23. The Kier molecular flexibility index (Phi) is 7.09. The van der Waals surface area contributed by atoms with Crippen LogP contribution in [0.15, 0.2) is 0 Å². The molecular weight excluding hydrogens is 214 g/mol. The van der Waals surface area contributed by atoms with E-state index in [-0.39, 0.29) is 6.10 Å². The molecule has 1 N–H and O–H groups in total. The van der Waals surface area contributed by atoms with Crippen molar-refractivity contribution in [3.63, 3.8) is 0 Å². The number of piperidine rings is 1. The van der Waals surface area contributed by atoms with Crippen LogP contribution in [-0.2, 0) is 4.74 Å². The van der Waals surface area contributed by atoms with E-state index in [2.05, 4.69) is 25.7 Å². The van der Waals surface area contributed by atoms with Crippen molar-refractivity contribution in [1.29, 1.82) is 0 Å². The highest BCUT2D eigenvalue weighted by Crippen LogP contribution is 2.20. The van der Waals surface area contributed by atoms with Gasteiger partial charge in [-0.15, -0.1) is 0 Å². The van der Waals surface area contributed by atoms with Gasteiger partial charge in [-0.2, -0.15) is 0 Å². The molecule has 17 heavy (non-hydrogen) atoms. The van der Waals surface area contributed by atoms with Gasteiger partial charge in [0, 0.05) is 26.2 Å². The molecular formula is C14H29NO2. The lowest BCUT2D eigenvalue weighted by atomic mass is 9.92. The molecule has 0 aromatic carbocycles. The Hall–Kier alpha value is -0.120. The Morgan fingerprint density at radius 2 is 1.94 bits per heavy atom. The number of nitrogens with zero attached hydrogens (tertiary/aromatic N) is 1. The summed E-state index contributed by atoms with van der Waals surface area (Å²) >= 11 is 0. The quantitative estimate of drug-likeness (QED) is 0.695. The first-order valence-corrected chi connectivity index (χ1v) is 7.10. The maximum atomic E-state index is 9.91. The molecule has 3 nitrogen and oxygen atoms in total. The Labute approximate surface area is 106 Å². The van der Waals surface area contributed by atoms with Crippen molar-refractivity contribution < 1.29 is 9.84 Å². The Morgan fingerprint density at radius 3 is 2.53 bits per heavy atom. The summed E-state index contributed by atoms with van der Waals surface area (Å²) in [6.07, 6.45) is 3.23. The lowest BCUT2D eigenvalue weighted by Gasteiger charge is -2.35. The van der Waals surface area contributed by atoms with E-state index < -0.39 is 0 Å². The van der Waals surface area contributed by atoms with Crippen molar-refractivity contribution in [2.24, 2.45) is 11.8 Å². The summed E-state index contributed by atoms with van der Waals surface area (Å²) in [7, 11) is 0. The van der Waals surface area contributed by atoms with Crippen LogP contribution in [0.4, 0.5) is 0 Å². The molecule has 0 spiro atoms. The minimum Gasteiger partial charge on any atom is -0.389 e. The van der Waals surface area contributed by atoms with Gasteiger partial charge in [-0.3, -0.25) is 0 Å². The van der Waals surface area contributed by atoms with Crippen LogP contribution in [0.5, 0.6) is 0 Å². The van der Waals surface area contributed by atoms with Crippen LogP contribution in [0.3, 0.4) is 0 Å². The van der Waals surface area contributed by atoms with Crippen molar-refractivity contribution in [1.82, 2.24) is 4.90 Å². The fourth-order valence-electron chi connectivity index (χ4n) is 2.76. The fraction of sp³-hybridized carbons (Fsp3) is 1.00. The van der Waals surface area contributed by atoms with E-state index in [1.165, 1.54) is 6.42 Å². The third kappa shape index (κ3) is 6.39. The lowest BCUT2D eigenvalue weighted by molar-refractivity contribution is 0.00405. The van der Waals surface area contributed by atoms with Gasteiger partial charge in [-0.25, -0.2) is 0 Å². The number of hydrogen-bond acceptors (Lipinski definition) is 3. The molecule has 1 rings (SSSR count). The van der Waals surface area contributed by atoms with Crippen LogP contribution >= 0.6 is 0 Å². The molecule has 1 aliphatic heterocycles. The number of unbranched alkanes of at least 4 members (excludes halogenated alkanes) is 1. The van der Waals surface area contributed by atoms with E-state index in [0.717, 1.165) is 50.9 Å². The van der Waals surface area contributed by atoms with Crippen LogP contribution in [0, 0.1) is 11.8 Å². The first-order valence-electron chi connectivity index (χ1n) is 7.10. The molecule has 3 atom stereocenters. The maximum Gasteiger partial charge on any atom is 0.0900 e. The molecule has 0 amide bonds. The summed E-state index contributed by atoms with van der Waals surface area (Å²) in [6.45, 7) is 11.0. The third-order valence-electron chi connectivity index (χ3n) is 3.37. The zero-order valence-electron chi connectivity index (χ0n) is 11.7. The molecule has 1 saturated heterocycles. The summed E-state index contributed by atoms with van der Waals surface area (Å²) in [5, 5.41) is 9.91. The first kappa shape index (κ1) is 14.9. The Bertz CT molecular complexity index is 189. The molecule has 1 fully saturated rings. The number of aliphatic hydroxyl groups excluding tert-OH is 1. The third-order valence-corrected chi connectivity index (χ3v) is 3.37. The molecule has 3 heteroatoms. The molecule has 0 saturated carbocycles. The van der Waals surface area contributed by atoms with E-state index in [1.807, 2.05) is 0 Å². The Morgan fingerprint density at radius 1 is 1.29 bits per heavy atom. The fourth-order valence-corrected chi connectivity index (χ4v) is 2.76. The molecule has 0 radical (unpaired) electrons. The highest BCUT2D eigenvalue weighted by molar-refractivity contribution is 4.76. The summed E-state index contributed by atoms with van der Waals surface area (Å²) < 4.78 is 5.45. The van der Waals surface area contributed by atoms with Crippen LogP contribution in [0.1, 0.15) is 40.0 Å². The second-order valence-corrected chi connectivity index (χ2v) is 5.75. The summed E-state index contributed by atoms with van der Waals surface area (Å²) in [5.74, 6) is 1.51. The summed E-state index contributed by atoms with van der Waals surface area (Å²) in [6, 6.07) is 0. The van der Waals surface area contributed by atoms with Crippen LogP contribution in [-0.4, -0.2) is 49.0 Å². The van der Waals surface area contributed by atoms with Gasteiger partial charge >= 0.3 is 0 Å². The minimum atomic E-state index is -0.329. The maximum absolute atomic E-state index is 9.91. The van der Waals surface area contributed by atoms with Gasteiger partial charge < -0.3 is 14.7 Å². The van der Waals surface area contributed by atoms with Crippen LogP contribution in [0.25, 0.3) is 0 Å². The van der Waals surface area contributed by atoms with Gasteiger partial charge in [0.2, 0.25) is 0 Å². The number of hydrogen-bond donors (Lipinski definition) is 1. The lowest BCUT2D eigenvalue weighted by Crippen LogP contribution is -2.43. The van der Waals surface area contributed by atoms with Crippen molar-refractivity contribution in [2.75, 3.05) is 32.8 Å². The number of aliphatic hydroxyl groups is 1. The van der Waals surface area contributed by atoms with Gasteiger partial charge in [-0.1, -0.05) is 27.2 Å². The standard InChI is InChI=1S/C14H29NO2/c1-4-5-6-17-11-14(16)10-15-8-12(2)7-13(3)9-15/h12-14,16H,4-11H2,1-3H3/t12-,13+,14-/m0/s1. The predicted molar refractivity (Wildman–Crippen MR) is 71.1 cm³/mol. The van der Waals surface area contributed by atoms with Crippen molar-refractivity contribution in [2.45, 2.75) is 46.1 Å². The normalized spacial score (nSPS) is 28.2. The number of ether oxygens (including phenoxy) is 1. The van der Waals surface area contributed by atoms with E-state index in [0.29, 0.717) is 6.61 Å². The summed E-state index contributed by atoms with van der Waals surface area (Å²) in [5.41, 5.74) is 0. The zero-order valence-corrected chi connectivity index (χ0v) is 11.7. The van der Waals surface area contributed by atoms with E-state index in [1.54, 1.807) is 0 Å². The topological polar surface area (TPSA) is 32.7 Å². The van der Waals surface area contributed by atoms with Crippen LogP contribution < -0.4 is 0 Å². The predicted octanol–water partition coefficient (Wildman–Crippen LogP) is 2.14. The van der Waals surface area contributed by atoms with Gasteiger partial charge in [-0.05, 0) is 24.7 Å². The van der Waals surface area contributed by atoms with Crippen molar-refractivity contribution in [3.8, 4) is 0 Å².